The molecule has 2 unspecified atom stereocenters. The number of hydrogen-bond donors (Lipinski definition) is 1. The van der Waals surface area contributed by atoms with Gasteiger partial charge in [-0.25, -0.2) is 0 Å². The van der Waals surface area contributed by atoms with Gasteiger partial charge in [0, 0.05) is 38.1 Å². The lowest BCUT2D eigenvalue weighted by atomic mass is 9.36. The predicted octanol–water partition coefficient (Wildman–Crippen LogP) is 16.7. The van der Waals surface area contributed by atoms with Crippen LogP contribution >= 0.6 is 11.3 Å². The number of thiophene rings is 1. The van der Waals surface area contributed by atoms with E-state index in [2.05, 4.69) is 238 Å². The summed E-state index contributed by atoms with van der Waals surface area (Å²) in [5.74, 6) is 1.72. The number of nitrogens with zero attached hydrogens (tertiary/aromatic N) is 2. The third kappa shape index (κ3) is 7.26. The van der Waals surface area contributed by atoms with Crippen LogP contribution in [-0.4, -0.2) is 6.71 Å². The number of anilines is 8. The monoisotopic (exact) mass is 954 g/mol. The van der Waals surface area contributed by atoms with Gasteiger partial charge in [0.05, 0.1) is 17.1 Å². The van der Waals surface area contributed by atoms with Gasteiger partial charge in [-0.2, -0.15) is 11.3 Å². The first-order valence-electron chi connectivity index (χ1n) is 26.5. The van der Waals surface area contributed by atoms with Crippen molar-refractivity contribution in [3.05, 3.63) is 160 Å². The third-order valence-electron chi connectivity index (χ3n) is 17.8. The smallest absolute Gasteiger partial charge is 0.264 e. The maximum atomic E-state index is 6.64. The van der Waals surface area contributed by atoms with E-state index >= 15 is 0 Å². The van der Waals surface area contributed by atoms with Crippen LogP contribution in [0.15, 0.2) is 121 Å². The van der Waals surface area contributed by atoms with Crippen molar-refractivity contribution in [2.24, 2.45) is 0 Å². The number of hydrogen-bond acceptors (Lipinski definition) is 5. The Hall–Kier alpha value is -5.72. The van der Waals surface area contributed by atoms with Crippen LogP contribution in [0.4, 0.5) is 45.5 Å². The fraction of sp³-hybridized carbons (Fsp3) is 0.385. The number of nitrogens with one attached hydrogen (secondary N) is 1. The Labute approximate surface area is 429 Å². The van der Waals surface area contributed by atoms with Crippen molar-refractivity contribution in [2.45, 2.75) is 161 Å². The molecule has 2 atom stereocenters. The maximum Gasteiger partial charge on any atom is 0.264 e. The zero-order valence-corrected chi connectivity index (χ0v) is 45.4. The molecule has 0 spiro atoms. The number of para-hydroxylation sites is 4. The van der Waals surface area contributed by atoms with Crippen molar-refractivity contribution < 1.29 is 4.74 Å². The van der Waals surface area contributed by atoms with Gasteiger partial charge < -0.3 is 19.9 Å². The molecule has 0 fully saturated rings. The van der Waals surface area contributed by atoms with E-state index in [0.717, 1.165) is 35.0 Å². The normalized spacial score (nSPS) is 21.1. The Morgan fingerprint density at radius 1 is 0.577 bits per heavy atom. The molecule has 362 valence electrons. The summed E-state index contributed by atoms with van der Waals surface area (Å²) in [5.41, 5.74) is 21.2. The summed E-state index contributed by atoms with van der Waals surface area (Å²) in [6.07, 6.45) is 7.13. The molecule has 0 saturated carbocycles. The van der Waals surface area contributed by atoms with E-state index in [0.29, 0.717) is 0 Å². The Kier molecular flexibility index (Phi) is 10.2. The topological polar surface area (TPSA) is 27.7 Å². The molecule has 4 nitrogen and oxygen atoms in total. The molecule has 7 aromatic rings. The average Bonchev–Trinajstić information content (AvgIpc) is 3.74. The van der Waals surface area contributed by atoms with Crippen molar-refractivity contribution in [3.63, 3.8) is 0 Å². The number of rotatable bonds is 5. The number of ether oxygens (including phenoxy) is 1. The first-order chi connectivity index (χ1) is 33.5. The van der Waals surface area contributed by atoms with E-state index in [-0.39, 0.29) is 39.2 Å². The van der Waals surface area contributed by atoms with Gasteiger partial charge in [-0.05, 0) is 171 Å². The molecule has 0 amide bonds. The van der Waals surface area contributed by atoms with Crippen LogP contribution in [0.1, 0.15) is 160 Å². The molecule has 2 aliphatic carbocycles. The molecule has 1 aromatic heterocycles. The van der Waals surface area contributed by atoms with E-state index in [1.807, 2.05) is 0 Å². The standard InChI is InChI=1S/C65H72BN3OS/c1-40-25-27-45-46(35-40)64(12,31-29-62(45,8)9)33-34-65(13)32-30-63(10,11)58-55(65)57-59(71-58)66-47-28-26-42(61(5,6)7)37-51(47)68(43-20-18-19-41(36-43)60(2,3)4)52-39-44(38-48(67-57)56(52)66)69-49-21-14-16-23-53(49)70-54-24-17-15-22-50(54)69/h14-28,35-39,67H,29-34H2,1-13H3. The SMILES string of the molecule is Cc1ccc2c(c1)C(C)(CCC1(C)CCC(C)(C)c3sc4c(c31)Nc1cc(N3c5ccccc5Oc5ccccc53)cc3c1B4c1ccc(C(C)(C)C)cc1N3c1cccc(C(C)(C)C)c1)CCC2(C)C. The Bertz CT molecular complexity index is 3280. The number of benzene rings is 6. The van der Waals surface area contributed by atoms with Crippen LogP contribution in [0.25, 0.3) is 0 Å². The Morgan fingerprint density at radius 3 is 1.92 bits per heavy atom. The summed E-state index contributed by atoms with van der Waals surface area (Å²) < 4.78 is 8.11. The molecule has 71 heavy (non-hydrogen) atoms. The Balaban J connectivity index is 1.10. The molecule has 6 aromatic carbocycles. The minimum atomic E-state index is -0.0421. The van der Waals surface area contributed by atoms with Crippen molar-refractivity contribution in [1.82, 2.24) is 0 Å². The number of aryl methyl sites for hydroxylation is 1. The minimum Gasteiger partial charge on any atom is -0.453 e. The first kappa shape index (κ1) is 46.4. The van der Waals surface area contributed by atoms with Crippen LogP contribution in [0.2, 0.25) is 0 Å². The van der Waals surface area contributed by atoms with Crippen LogP contribution in [0.3, 0.4) is 0 Å². The van der Waals surface area contributed by atoms with Gasteiger partial charge in [0.25, 0.3) is 6.71 Å². The highest BCUT2D eigenvalue weighted by molar-refractivity contribution is 7.29. The van der Waals surface area contributed by atoms with E-state index in [9.17, 15) is 0 Å². The fourth-order valence-electron chi connectivity index (χ4n) is 13.2. The van der Waals surface area contributed by atoms with Crippen LogP contribution in [0, 0.1) is 6.92 Å². The van der Waals surface area contributed by atoms with E-state index in [1.54, 1.807) is 21.6 Å². The second-order valence-corrected chi connectivity index (χ2v) is 27.1. The van der Waals surface area contributed by atoms with Gasteiger partial charge in [-0.1, -0.05) is 155 Å². The second kappa shape index (κ2) is 15.6. The lowest BCUT2D eigenvalue weighted by molar-refractivity contribution is 0.241. The molecular weight excluding hydrogens is 882 g/mol. The molecular formula is C65H72BN3OS. The molecule has 5 aliphatic rings. The summed E-state index contributed by atoms with van der Waals surface area (Å²) >= 11 is 2.12. The van der Waals surface area contributed by atoms with Crippen molar-refractivity contribution in [1.29, 1.82) is 0 Å². The summed E-state index contributed by atoms with van der Waals surface area (Å²) in [6, 6.07) is 46.1. The summed E-state index contributed by atoms with van der Waals surface area (Å²) in [5, 5.41) is 4.39. The largest absolute Gasteiger partial charge is 0.453 e. The maximum absolute atomic E-state index is 6.64. The summed E-state index contributed by atoms with van der Waals surface area (Å²) in [7, 11) is 0. The van der Waals surface area contributed by atoms with Crippen LogP contribution < -0.4 is 35.6 Å². The molecule has 12 rings (SSSR count). The minimum absolute atomic E-state index is 0.00501. The highest BCUT2D eigenvalue weighted by atomic mass is 32.1. The lowest BCUT2D eigenvalue weighted by Crippen LogP contribution is -2.59. The number of fused-ring (bicyclic) bond motifs is 9. The molecule has 6 heteroatoms. The molecule has 0 radical (unpaired) electrons. The van der Waals surface area contributed by atoms with Crippen molar-refractivity contribution >= 4 is 79.3 Å². The summed E-state index contributed by atoms with van der Waals surface area (Å²) in [6.45, 7) is 31.6. The first-order valence-corrected chi connectivity index (χ1v) is 27.3. The predicted molar refractivity (Wildman–Crippen MR) is 305 cm³/mol. The van der Waals surface area contributed by atoms with Gasteiger partial charge in [0.15, 0.2) is 11.5 Å². The van der Waals surface area contributed by atoms with Crippen LogP contribution in [-0.2, 0) is 32.5 Å². The lowest BCUT2D eigenvalue weighted by Gasteiger charge is -2.47. The Morgan fingerprint density at radius 2 is 1.21 bits per heavy atom. The van der Waals surface area contributed by atoms with E-state index in [4.69, 9.17) is 4.74 Å². The van der Waals surface area contributed by atoms with Gasteiger partial charge in [-0.3, -0.25) is 0 Å². The van der Waals surface area contributed by atoms with Gasteiger partial charge in [-0.15, -0.1) is 0 Å². The molecule has 4 heterocycles. The second-order valence-electron chi connectivity index (χ2n) is 26.0. The summed E-state index contributed by atoms with van der Waals surface area (Å²) in [4.78, 5) is 6.62. The fourth-order valence-corrected chi connectivity index (χ4v) is 14.8. The third-order valence-corrected chi connectivity index (χ3v) is 19.5. The zero-order valence-electron chi connectivity index (χ0n) is 44.6. The quantitative estimate of drug-likeness (QED) is 0.174. The highest BCUT2D eigenvalue weighted by Crippen LogP contribution is 2.58. The highest BCUT2D eigenvalue weighted by Gasteiger charge is 2.51. The van der Waals surface area contributed by atoms with Gasteiger partial charge in [0.2, 0.25) is 0 Å². The average molecular weight is 954 g/mol. The van der Waals surface area contributed by atoms with Gasteiger partial charge >= 0.3 is 0 Å². The zero-order chi connectivity index (χ0) is 49.8. The molecule has 1 N–H and O–H groups in total. The van der Waals surface area contributed by atoms with Crippen molar-refractivity contribution in [3.8, 4) is 11.5 Å². The van der Waals surface area contributed by atoms with Crippen molar-refractivity contribution in [2.75, 3.05) is 15.1 Å². The van der Waals surface area contributed by atoms with Gasteiger partial charge in [0.1, 0.15) is 0 Å². The molecule has 3 aliphatic heterocycles. The van der Waals surface area contributed by atoms with Crippen LogP contribution in [0.5, 0.6) is 11.5 Å². The molecule has 0 saturated heterocycles. The molecule has 0 bridgehead atoms. The van der Waals surface area contributed by atoms with E-state index < -0.39 is 0 Å². The van der Waals surface area contributed by atoms with E-state index in [1.165, 1.54) is 92.9 Å².